The van der Waals surface area contributed by atoms with Gasteiger partial charge in [-0.15, -0.1) is 0 Å². The molecule has 1 N–H and O–H groups in total. The van der Waals surface area contributed by atoms with Crippen LogP contribution in [-0.4, -0.2) is 19.9 Å². The maximum atomic E-state index is 12.1. The molecule has 4 nitrogen and oxygen atoms in total. The fraction of sp³-hybridized carbons (Fsp3) is 0.267. The van der Waals surface area contributed by atoms with Gasteiger partial charge in [0, 0.05) is 18.9 Å². The summed E-state index contributed by atoms with van der Waals surface area (Å²) in [5, 5.41) is 0. The lowest BCUT2D eigenvalue weighted by atomic mass is 10.2. The van der Waals surface area contributed by atoms with E-state index in [2.05, 4.69) is 9.71 Å². The molecule has 1 aromatic heterocycles. The Morgan fingerprint density at radius 3 is 2.45 bits per heavy atom. The highest BCUT2D eigenvalue weighted by molar-refractivity contribution is 7.89. The summed E-state index contributed by atoms with van der Waals surface area (Å²) in [6, 6.07) is 10.7. The van der Waals surface area contributed by atoms with E-state index in [1.165, 1.54) is 0 Å². The smallest absolute Gasteiger partial charge is 0.240 e. The number of hydrogen-bond acceptors (Lipinski definition) is 3. The summed E-state index contributed by atoms with van der Waals surface area (Å²) in [7, 11) is -3.43. The van der Waals surface area contributed by atoms with E-state index < -0.39 is 10.0 Å². The van der Waals surface area contributed by atoms with Gasteiger partial charge < -0.3 is 0 Å². The molecule has 0 atom stereocenters. The summed E-state index contributed by atoms with van der Waals surface area (Å²) in [5.41, 5.74) is 2.14. The first-order valence-electron chi connectivity index (χ1n) is 6.59. The van der Waals surface area contributed by atoms with E-state index >= 15 is 0 Å². The number of nitrogens with zero attached hydrogens (tertiary/aromatic N) is 1. The Morgan fingerprint density at radius 2 is 1.85 bits per heavy atom. The van der Waals surface area contributed by atoms with E-state index in [4.69, 9.17) is 0 Å². The molecule has 0 aliphatic carbocycles. The van der Waals surface area contributed by atoms with Gasteiger partial charge in [0.05, 0.1) is 4.90 Å². The zero-order chi connectivity index (χ0) is 14.4. The van der Waals surface area contributed by atoms with Crippen LogP contribution in [0.1, 0.15) is 18.1 Å². The van der Waals surface area contributed by atoms with Crippen molar-refractivity contribution in [3.63, 3.8) is 0 Å². The molecule has 2 aromatic rings. The van der Waals surface area contributed by atoms with Crippen molar-refractivity contribution in [3.8, 4) is 0 Å². The molecule has 0 fully saturated rings. The average molecular weight is 290 g/mol. The number of rotatable bonds is 6. The molecule has 20 heavy (non-hydrogen) atoms. The maximum absolute atomic E-state index is 12.1. The molecule has 0 saturated heterocycles. The van der Waals surface area contributed by atoms with Crippen LogP contribution in [0.15, 0.2) is 53.7 Å². The SMILES string of the molecule is CCc1ccc(S(=O)(=O)NCCc2cccnc2)cc1. The summed E-state index contributed by atoms with van der Waals surface area (Å²) in [4.78, 5) is 4.31. The lowest BCUT2D eigenvalue weighted by Gasteiger charge is -2.07. The van der Waals surface area contributed by atoms with Gasteiger partial charge in [-0.1, -0.05) is 25.1 Å². The number of aryl methyl sites for hydroxylation is 1. The van der Waals surface area contributed by atoms with Crippen molar-refractivity contribution in [2.45, 2.75) is 24.7 Å². The van der Waals surface area contributed by atoms with Crippen LogP contribution in [-0.2, 0) is 22.9 Å². The summed E-state index contributed by atoms with van der Waals surface area (Å²) in [6.45, 7) is 2.40. The first-order valence-corrected chi connectivity index (χ1v) is 8.07. The van der Waals surface area contributed by atoms with Gasteiger partial charge in [0.1, 0.15) is 0 Å². The molecule has 0 amide bonds. The van der Waals surface area contributed by atoms with Crippen LogP contribution in [0.25, 0.3) is 0 Å². The van der Waals surface area contributed by atoms with Gasteiger partial charge in [-0.2, -0.15) is 0 Å². The zero-order valence-corrected chi connectivity index (χ0v) is 12.2. The Kier molecular flexibility index (Phi) is 4.87. The molecule has 5 heteroatoms. The number of aromatic nitrogens is 1. The minimum atomic E-state index is -3.43. The third-order valence-electron chi connectivity index (χ3n) is 3.07. The standard InChI is InChI=1S/C15H18N2O2S/c1-2-13-5-7-15(8-6-13)20(18,19)17-11-9-14-4-3-10-16-12-14/h3-8,10,12,17H,2,9,11H2,1H3. The fourth-order valence-corrected chi connectivity index (χ4v) is 2.90. The number of hydrogen-bond donors (Lipinski definition) is 1. The summed E-state index contributed by atoms with van der Waals surface area (Å²) in [6.07, 6.45) is 4.96. The fourth-order valence-electron chi connectivity index (χ4n) is 1.86. The number of pyridine rings is 1. The van der Waals surface area contributed by atoms with Crippen LogP contribution in [0.2, 0.25) is 0 Å². The zero-order valence-electron chi connectivity index (χ0n) is 11.4. The Bertz CT molecular complexity index is 637. The largest absolute Gasteiger partial charge is 0.264 e. The summed E-state index contributed by atoms with van der Waals surface area (Å²) < 4.78 is 26.8. The van der Waals surface area contributed by atoms with Crippen LogP contribution in [0.4, 0.5) is 0 Å². The van der Waals surface area contributed by atoms with Crippen LogP contribution >= 0.6 is 0 Å². The molecule has 0 aliphatic heterocycles. The second kappa shape index (κ2) is 6.63. The molecule has 106 valence electrons. The van der Waals surface area contributed by atoms with Crippen LogP contribution in [0.3, 0.4) is 0 Å². The van der Waals surface area contributed by atoms with Gasteiger partial charge in [-0.05, 0) is 42.2 Å². The van der Waals surface area contributed by atoms with Crippen molar-refractivity contribution in [2.75, 3.05) is 6.54 Å². The van der Waals surface area contributed by atoms with E-state index in [9.17, 15) is 8.42 Å². The van der Waals surface area contributed by atoms with Crippen molar-refractivity contribution < 1.29 is 8.42 Å². The van der Waals surface area contributed by atoms with Gasteiger partial charge in [-0.25, -0.2) is 13.1 Å². The molecule has 1 heterocycles. The Labute approximate surface area is 119 Å². The van der Waals surface area contributed by atoms with Crippen molar-refractivity contribution >= 4 is 10.0 Å². The molecule has 0 saturated carbocycles. The summed E-state index contributed by atoms with van der Waals surface area (Å²) >= 11 is 0. The molecular formula is C15H18N2O2S. The predicted molar refractivity (Wildman–Crippen MR) is 78.9 cm³/mol. The maximum Gasteiger partial charge on any atom is 0.240 e. The predicted octanol–water partition coefficient (Wildman–Crippen LogP) is 2.17. The Balaban J connectivity index is 1.96. The van der Waals surface area contributed by atoms with Crippen molar-refractivity contribution in [1.29, 1.82) is 0 Å². The topological polar surface area (TPSA) is 59.1 Å². The lowest BCUT2D eigenvalue weighted by Crippen LogP contribution is -2.26. The first-order chi connectivity index (χ1) is 9.62. The summed E-state index contributed by atoms with van der Waals surface area (Å²) in [5.74, 6) is 0. The van der Waals surface area contributed by atoms with E-state index in [1.807, 2.05) is 31.2 Å². The van der Waals surface area contributed by atoms with Gasteiger partial charge >= 0.3 is 0 Å². The molecule has 0 unspecified atom stereocenters. The number of sulfonamides is 1. The number of benzene rings is 1. The van der Waals surface area contributed by atoms with Crippen molar-refractivity contribution in [3.05, 3.63) is 59.9 Å². The number of nitrogens with one attached hydrogen (secondary N) is 1. The quantitative estimate of drug-likeness (QED) is 0.887. The molecule has 0 spiro atoms. The van der Waals surface area contributed by atoms with E-state index in [-0.39, 0.29) is 0 Å². The second-order valence-corrected chi connectivity index (χ2v) is 6.27. The monoisotopic (exact) mass is 290 g/mol. The van der Waals surface area contributed by atoms with Gasteiger partial charge in [0.15, 0.2) is 0 Å². The molecular weight excluding hydrogens is 272 g/mol. The van der Waals surface area contributed by atoms with Crippen molar-refractivity contribution in [1.82, 2.24) is 9.71 Å². The minimum Gasteiger partial charge on any atom is -0.264 e. The molecule has 1 aromatic carbocycles. The second-order valence-electron chi connectivity index (χ2n) is 4.51. The minimum absolute atomic E-state index is 0.306. The lowest BCUT2D eigenvalue weighted by molar-refractivity contribution is 0.581. The first kappa shape index (κ1) is 14.7. The highest BCUT2D eigenvalue weighted by atomic mass is 32.2. The normalized spacial score (nSPS) is 11.4. The third kappa shape index (κ3) is 3.88. The molecule has 2 rings (SSSR count). The van der Waals surface area contributed by atoms with Crippen LogP contribution in [0, 0.1) is 0 Å². The Morgan fingerprint density at radius 1 is 1.10 bits per heavy atom. The third-order valence-corrected chi connectivity index (χ3v) is 4.55. The van der Waals surface area contributed by atoms with E-state index in [1.54, 1.807) is 24.5 Å². The molecule has 0 radical (unpaired) electrons. The molecule has 0 bridgehead atoms. The Hall–Kier alpha value is -1.72. The van der Waals surface area contributed by atoms with E-state index in [0.717, 1.165) is 17.5 Å². The van der Waals surface area contributed by atoms with Crippen molar-refractivity contribution in [2.24, 2.45) is 0 Å². The van der Waals surface area contributed by atoms with Gasteiger partial charge in [-0.3, -0.25) is 4.98 Å². The van der Waals surface area contributed by atoms with E-state index in [0.29, 0.717) is 17.9 Å². The highest BCUT2D eigenvalue weighted by Gasteiger charge is 2.12. The van der Waals surface area contributed by atoms with Gasteiger partial charge in [0.25, 0.3) is 0 Å². The molecule has 0 aliphatic rings. The van der Waals surface area contributed by atoms with Gasteiger partial charge in [0.2, 0.25) is 10.0 Å². The van der Waals surface area contributed by atoms with Crippen LogP contribution < -0.4 is 4.72 Å². The van der Waals surface area contributed by atoms with Crippen LogP contribution in [0.5, 0.6) is 0 Å². The highest BCUT2D eigenvalue weighted by Crippen LogP contribution is 2.10. The average Bonchev–Trinajstić information content (AvgIpc) is 2.48.